The monoisotopic (exact) mass is 382 g/mol. The van der Waals surface area contributed by atoms with E-state index in [0.29, 0.717) is 11.1 Å². The van der Waals surface area contributed by atoms with E-state index in [9.17, 15) is 14.4 Å². The normalized spacial score (nSPS) is 19.7. The lowest BCUT2D eigenvalue weighted by molar-refractivity contribution is -0.131. The van der Waals surface area contributed by atoms with Crippen LogP contribution in [0.3, 0.4) is 0 Å². The zero-order valence-electron chi connectivity index (χ0n) is 15.2. The van der Waals surface area contributed by atoms with Gasteiger partial charge in [-0.05, 0) is 72.0 Å². The second kappa shape index (κ2) is 6.06. The summed E-state index contributed by atoms with van der Waals surface area (Å²) >= 11 is 1.46. The second-order valence-electron chi connectivity index (χ2n) is 6.98. The van der Waals surface area contributed by atoms with Gasteiger partial charge >= 0.3 is 11.7 Å². The fourth-order valence-corrected chi connectivity index (χ4v) is 4.13. The van der Waals surface area contributed by atoms with Crippen LogP contribution in [0, 0.1) is 13.8 Å². The van der Waals surface area contributed by atoms with Gasteiger partial charge in [-0.1, -0.05) is 0 Å². The van der Waals surface area contributed by atoms with Crippen molar-refractivity contribution in [1.29, 1.82) is 0 Å². The molecule has 6 nitrogen and oxygen atoms in total. The van der Waals surface area contributed by atoms with Crippen molar-refractivity contribution in [2.45, 2.75) is 32.9 Å². The molecule has 3 amide bonds. The van der Waals surface area contributed by atoms with Crippen LogP contribution in [0.1, 0.15) is 29.2 Å². The number of nitrogens with one attached hydrogen (secondary N) is 1. The maximum Gasteiger partial charge on any atom is 0.336 e. The summed E-state index contributed by atoms with van der Waals surface area (Å²) in [5.41, 5.74) is 2.22. The lowest BCUT2D eigenvalue weighted by Gasteiger charge is -2.20. The fraction of sp³-hybridized carbons (Fsp3) is 0.250. The summed E-state index contributed by atoms with van der Waals surface area (Å²) in [5, 5.41) is 7.22. The summed E-state index contributed by atoms with van der Waals surface area (Å²) in [6.45, 7) is 5.60. The Morgan fingerprint density at radius 1 is 1.15 bits per heavy atom. The average Bonchev–Trinajstić information content (AvgIpc) is 3.21. The van der Waals surface area contributed by atoms with E-state index in [1.807, 2.05) is 36.7 Å². The number of thiophene rings is 1. The van der Waals surface area contributed by atoms with Crippen LogP contribution in [0.5, 0.6) is 0 Å². The van der Waals surface area contributed by atoms with Crippen molar-refractivity contribution in [3.8, 4) is 0 Å². The molecule has 0 saturated carbocycles. The molecule has 1 saturated heterocycles. The molecule has 1 aliphatic rings. The van der Waals surface area contributed by atoms with E-state index in [0.717, 1.165) is 27.0 Å². The summed E-state index contributed by atoms with van der Waals surface area (Å²) in [6, 6.07) is 6.42. The number of carbonyl (C=O) groups is 2. The van der Waals surface area contributed by atoms with Crippen molar-refractivity contribution >= 4 is 34.2 Å². The number of nitrogens with zero attached hydrogens (tertiary/aromatic N) is 1. The van der Waals surface area contributed by atoms with Crippen LogP contribution in [-0.2, 0) is 16.9 Å². The van der Waals surface area contributed by atoms with Gasteiger partial charge in [0.2, 0.25) is 0 Å². The first-order valence-corrected chi connectivity index (χ1v) is 9.44. The standard InChI is InChI=1S/C20H18N2O4S/c1-11-6-15-13(8-17(23)26-16(15)7-12(11)2)9-22-18(24)20(3,21-19(22)25)14-4-5-27-10-14/h4-8,10H,9H2,1-3H3,(H,21,25). The van der Waals surface area contributed by atoms with Gasteiger partial charge in [0.25, 0.3) is 5.91 Å². The number of amides is 3. The molecule has 3 heterocycles. The van der Waals surface area contributed by atoms with E-state index >= 15 is 0 Å². The molecule has 138 valence electrons. The van der Waals surface area contributed by atoms with Crippen molar-refractivity contribution < 1.29 is 14.0 Å². The number of hydrogen-bond donors (Lipinski definition) is 1. The summed E-state index contributed by atoms with van der Waals surface area (Å²) in [5.74, 6) is -0.337. The zero-order valence-corrected chi connectivity index (χ0v) is 16.0. The van der Waals surface area contributed by atoms with Gasteiger partial charge in [0.05, 0.1) is 6.54 Å². The smallest absolute Gasteiger partial charge is 0.336 e. The SMILES string of the molecule is Cc1cc2oc(=O)cc(CN3C(=O)NC(C)(c4ccsc4)C3=O)c2cc1C. The van der Waals surface area contributed by atoms with Crippen LogP contribution in [0.4, 0.5) is 4.79 Å². The van der Waals surface area contributed by atoms with Crippen LogP contribution in [0.15, 0.2) is 44.2 Å². The number of aryl methyl sites for hydroxylation is 2. The lowest BCUT2D eigenvalue weighted by Crippen LogP contribution is -2.40. The Bertz CT molecular complexity index is 1130. The number of urea groups is 1. The van der Waals surface area contributed by atoms with E-state index in [1.54, 1.807) is 13.0 Å². The van der Waals surface area contributed by atoms with Crippen LogP contribution >= 0.6 is 11.3 Å². The summed E-state index contributed by atoms with van der Waals surface area (Å²) in [6.07, 6.45) is 0. The van der Waals surface area contributed by atoms with Gasteiger partial charge in [0.15, 0.2) is 0 Å². The van der Waals surface area contributed by atoms with E-state index in [1.165, 1.54) is 17.4 Å². The minimum atomic E-state index is -1.10. The van der Waals surface area contributed by atoms with Gasteiger partial charge < -0.3 is 9.73 Å². The molecule has 27 heavy (non-hydrogen) atoms. The topological polar surface area (TPSA) is 79.6 Å². The highest BCUT2D eigenvalue weighted by Gasteiger charge is 2.49. The number of carbonyl (C=O) groups excluding carboxylic acids is 2. The first kappa shape index (κ1) is 17.5. The van der Waals surface area contributed by atoms with Crippen LogP contribution in [0.25, 0.3) is 11.0 Å². The molecule has 0 aliphatic carbocycles. The molecule has 2 aromatic heterocycles. The Labute approximate surface area is 159 Å². The predicted octanol–water partition coefficient (Wildman–Crippen LogP) is 3.44. The second-order valence-corrected chi connectivity index (χ2v) is 7.76. The van der Waals surface area contributed by atoms with Gasteiger partial charge in [-0.3, -0.25) is 9.69 Å². The fourth-order valence-electron chi connectivity index (χ4n) is 3.37. The van der Waals surface area contributed by atoms with Crippen molar-refractivity contribution in [2.24, 2.45) is 0 Å². The molecule has 1 N–H and O–H groups in total. The van der Waals surface area contributed by atoms with Gasteiger partial charge in [0, 0.05) is 11.5 Å². The number of fused-ring (bicyclic) bond motifs is 1. The molecule has 0 radical (unpaired) electrons. The predicted molar refractivity (Wildman–Crippen MR) is 103 cm³/mol. The van der Waals surface area contributed by atoms with Crippen molar-refractivity contribution in [1.82, 2.24) is 10.2 Å². The Morgan fingerprint density at radius 3 is 2.59 bits per heavy atom. The molecule has 7 heteroatoms. The maximum absolute atomic E-state index is 13.0. The zero-order chi connectivity index (χ0) is 19.3. The van der Waals surface area contributed by atoms with Crippen molar-refractivity contribution in [3.05, 3.63) is 67.7 Å². The van der Waals surface area contributed by atoms with Crippen molar-refractivity contribution in [2.75, 3.05) is 0 Å². The van der Waals surface area contributed by atoms with Gasteiger partial charge in [-0.2, -0.15) is 11.3 Å². The van der Waals surface area contributed by atoms with Gasteiger partial charge in [-0.25, -0.2) is 9.59 Å². The molecule has 0 spiro atoms. The van der Waals surface area contributed by atoms with E-state index in [-0.39, 0.29) is 12.5 Å². The minimum Gasteiger partial charge on any atom is -0.423 e. The highest BCUT2D eigenvalue weighted by molar-refractivity contribution is 7.08. The summed E-state index contributed by atoms with van der Waals surface area (Å²) in [7, 11) is 0. The summed E-state index contributed by atoms with van der Waals surface area (Å²) in [4.78, 5) is 38.7. The molecule has 1 aromatic carbocycles. The molecular formula is C20H18N2O4S. The highest BCUT2D eigenvalue weighted by Crippen LogP contribution is 2.32. The van der Waals surface area contributed by atoms with E-state index < -0.39 is 17.2 Å². The number of rotatable bonds is 3. The largest absolute Gasteiger partial charge is 0.423 e. The Morgan fingerprint density at radius 2 is 1.89 bits per heavy atom. The molecule has 1 atom stereocenters. The Balaban J connectivity index is 1.76. The van der Waals surface area contributed by atoms with E-state index in [4.69, 9.17) is 4.42 Å². The van der Waals surface area contributed by atoms with Crippen LogP contribution < -0.4 is 10.9 Å². The summed E-state index contributed by atoms with van der Waals surface area (Å²) < 4.78 is 5.30. The molecule has 1 aliphatic heterocycles. The molecule has 1 unspecified atom stereocenters. The molecule has 1 fully saturated rings. The highest BCUT2D eigenvalue weighted by atomic mass is 32.1. The van der Waals surface area contributed by atoms with E-state index in [2.05, 4.69) is 5.32 Å². The minimum absolute atomic E-state index is 0.00892. The first-order valence-electron chi connectivity index (χ1n) is 8.50. The van der Waals surface area contributed by atoms with Crippen LogP contribution in [-0.4, -0.2) is 16.8 Å². The molecule has 4 rings (SSSR count). The van der Waals surface area contributed by atoms with Gasteiger partial charge in [-0.15, -0.1) is 0 Å². The third kappa shape index (κ3) is 2.75. The third-order valence-electron chi connectivity index (χ3n) is 5.15. The number of benzene rings is 1. The van der Waals surface area contributed by atoms with Gasteiger partial charge in [0.1, 0.15) is 11.1 Å². The third-order valence-corrected chi connectivity index (χ3v) is 5.83. The number of imide groups is 1. The Hall–Kier alpha value is -2.93. The number of hydrogen-bond acceptors (Lipinski definition) is 5. The molecule has 0 bridgehead atoms. The van der Waals surface area contributed by atoms with Crippen LogP contribution in [0.2, 0.25) is 0 Å². The molecular weight excluding hydrogens is 364 g/mol. The Kier molecular flexibility index (Phi) is 3.92. The van der Waals surface area contributed by atoms with Crippen molar-refractivity contribution in [3.63, 3.8) is 0 Å². The molecule has 3 aromatic rings. The average molecular weight is 382 g/mol. The quantitative estimate of drug-likeness (QED) is 0.556. The maximum atomic E-state index is 13.0. The first-order chi connectivity index (χ1) is 12.8. The lowest BCUT2D eigenvalue weighted by atomic mass is 9.95.